The number of anilines is 3. The Bertz CT molecular complexity index is 2930. The van der Waals surface area contributed by atoms with Crippen LogP contribution in [0.5, 0.6) is 0 Å². The van der Waals surface area contributed by atoms with E-state index in [0.29, 0.717) is 33.4 Å². The Morgan fingerprint density at radius 3 is 1.17 bits per heavy atom. The SMILES string of the molecule is N#Cc1ccc2c(c1)oc1cc(-c3ccc(N(c4ccc(-c5ccc6c(c5)oc5cc(C#N)ccc56)cc4)c4ccc(C#N)c(C#N)c4)cc3)ccc12. The number of fused-ring (bicyclic) bond motifs is 6. The molecule has 2 heterocycles. The van der Waals surface area contributed by atoms with Gasteiger partial charge in [0.1, 0.15) is 34.5 Å². The zero-order valence-corrected chi connectivity index (χ0v) is 27.8. The lowest BCUT2D eigenvalue weighted by Crippen LogP contribution is -2.10. The highest BCUT2D eigenvalue weighted by Gasteiger charge is 2.17. The second-order valence-electron chi connectivity index (χ2n) is 12.7. The van der Waals surface area contributed by atoms with Gasteiger partial charge in [-0.05, 0) is 125 Å². The number of hydrogen-bond acceptors (Lipinski definition) is 7. The van der Waals surface area contributed by atoms with Crippen molar-refractivity contribution in [1.82, 2.24) is 0 Å². The molecule has 0 fully saturated rings. The lowest BCUT2D eigenvalue weighted by Gasteiger charge is -2.26. The molecule has 0 atom stereocenters. The fourth-order valence-electron chi connectivity index (χ4n) is 6.97. The van der Waals surface area contributed by atoms with Crippen molar-refractivity contribution in [2.75, 3.05) is 4.90 Å². The minimum Gasteiger partial charge on any atom is -0.456 e. The molecule has 9 rings (SSSR count). The molecule has 0 saturated heterocycles. The molecule has 0 spiro atoms. The van der Waals surface area contributed by atoms with E-state index >= 15 is 0 Å². The van der Waals surface area contributed by atoms with E-state index in [2.05, 4.69) is 41.3 Å². The first-order chi connectivity index (χ1) is 26.0. The maximum atomic E-state index is 9.85. The second-order valence-corrected chi connectivity index (χ2v) is 12.7. The Morgan fingerprint density at radius 2 is 0.736 bits per heavy atom. The molecule has 0 aliphatic heterocycles. The topological polar surface area (TPSA) is 125 Å². The van der Waals surface area contributed by atoms with Gasteiger partial charge in [0, 0.05) is 38.6 Å². The summed E-state index contributed by atoms with van der Waals surface area (Å²) in [5.74, 6) is 0. The number of furan rings is 2. The summed E-state index contributed by atoms with van der Waals surface area (Å²) < 4.78 is 12.3. The first-order valence-electron chi connectivity index (χ1n) is 16.7. The lowest BCUT2D eigenvalue weighted by atomic mass is 10.0. The number of hydrogen-bond donors (Lipinski definition) is 0. The minimum absolute atomic E-state index is 0.297. The van der Waals surface area contributed by atoms with E-state index in [1.807, 2.05) is 91.0 Å². The molecule has 53 heavy (non-hydrogen) atoms. The average molecular weight is 678 g/mol. The van der Waals surface area contributed by atoms with Gasteiger partial charge in [0.15, 0.2) is 0 Å². The lowest BCUT2D eigenvalue weighted by molar-refractivity contribution is 0.668. The number of nitriles is 4. The number of benzene rings is 7. The summed E-state index contributed by atoms with van der Waals surface area (Å²) in [6.45, 7) is 0. The van der Waals surface area contributed by atoms with Gasteiger partial charge >= 0.3 is 0 Å². The van der Waals surface area contributed by atoms with Crippen molar-refractivity contribution in [3.63, 3.8) is 0 Å². The van der Waals surface area contributed by atoms with Gasteiger partial charge in [-0.3, -0.25) is 0 Å². The largest absolute Gasteiger partial charge is 0.456 e. The van der Waals surface area contributed by atoms with Crippen LogP contribution in [0.25, 0.3) is 66.1 Å². The quantitative estimate of drug-likeness (QED) is 0.177. The van der Waals surface area contributed by atoms with Crippen LogP contribution in [-0.4, -0.2) is 0 Å². The van der Waals surface area contributed by atoms with Gasteiger partial charge in [-0.1, -0.05) is 36.4 Å². The van der Waals surface area contributed by atoms with Crippen LogP contribution in [0, 0.1) is 45.3 Å². The van der Waals surface area contributed by atoms with E-state index < -0.39 is 0 Å². The molecule has 0 aliphatic carbocycles. The van der Waals surface area contributed by atoms with E-state index in [1.54, 1.807) is 36.4 Å². The van der Waals surface area contributed by atoms with Crippen LogP contribution in [0.15, 0.2) is 148 Å². The average Bonchev–Trinajstić information content (AvgIpc) is 3.77. The summed E-state index contributed by atoms with van der Waals surface area (Å²) in [6.07, 6.45) is 0. The molecule has 7 aromatic carbocycles. The third-order valence-corrected chi connectivity index (χ3v) is 9.62. The molecule has 0 radical (unpaired) electrons. The highest BCUT2D eigenvalue weighted by Crippen LogP contribution is 2.39. The standard InChI is InChI=1S/C46H23N5O2/c47-24-28-1-15-39-41-17-8-32(22-45(41)52-43(39)19-28)30-3-10-36(11-4-30)51(38-14-7-34(26-49)35(21-38)27-50)37-12-5-31(6-13-37)33-9-18-42-40-16-2-29(25-48)20-44(40)53-46(42)23-33/h1-23H. The predicted octanol–water partition coefficient (Wildman–Crippen LogP) is 11.8. The fraction of sp³-hybridized carbons (Fsp3) is 0. The molecule has 2 aromatic heterocycles. The normalized spacial score (nSPS) is 10.9. The summed E-state index contributed by atoms with van der Waals surface area (Å²) in [5, 5.41) is 42.0. The van der Waals surface area contributed by atoms with Crippen molar-refractivity contribution in [3.05, 3.63) is 162 Å². The third-order valence-electron chi connectivity index (χ3n) is 9.62. The van der Waals surface area contributed by atoms with Crippen molar-refractivity contribution in [3.8, 4) is 46.5 Å². The van der Waals surface area contributed by atoms with Crippen molar-refractivity contribution in [2.24, 2.45) is 0 Å². The van der Waals surface area contributed by atoms with E-state index in [-0.39, 0.29) is 0 Å². The molecule has 0 aliphatic rings. The van der Waals surface area contributed by atoms with Gasteiger partial charge in [-0.15, -0.1) is 0 Å². The van der Waals surface area contributed by atoms with Crippen LogP contribution in [0.2, 0.25) is 0 Å². The summed E-state index contributed by atoms with van der Waals surface area (Å²) in [7, 11) is 0. The molecule has 7 nitrogen and oxygen atoms in total. The van der Waals surface area contributed by atoms with Crippen molar-refractivity contribution in [2.45, 2.75) is 0 Å². The van der Waals surface area contributed by atoms with Gasteiger partial charge in [0.2, 0.25) is 0 Å². The first-order valence-corrected chi connectivity index (χ1v) is 16.7. The van der Waals surface area contributed by atoms with Crippen molar-refractivity contribution >= 4 is 60.9 Å². The van der Waals surface area contributed by atoms with E-state index in [1.165, 1.54) is 0 Å². The maximum absolute atomic E-state index is 9.85. The molecule has 0 saturated carbocycles. The van der Waals surface area contributed by atoms with E-state index in [0.717, 1.165) is 72.0 Å². The third kappa shape index (κ3) is 5.27. The molecular weight excluding hydrogens is 655 g/mol. The summed E-state index contributed by atoms with van der Waals surface area (Å²) >= 11 is 0. The van der Waals surface area contributed by atoms with Gasteiger partial charge in [0.25, 0.3) is 0 Å². The van der Waals surface area contributed by atoms with Gasteiger partial charge in [0.05, 0.1) is 34.4 Å². The van der Waals surface area contributed by atoms with Crippen LogP contribution in [0.4, 0.5) is 17.1 Å². The zero-order valence-electron chi connectivity index (χ0n) is 27.8. The molecule has 9 aromatic rings. The molecule has 7 heteroatoms. The predicted molar refractivity (Wildman–Crippen MR) is 205 cm³/mol. The monoisotopic (exact) mass is 677 g/mol. The van der Waals surface area contributed by atoms with Crippen LogP contribution < -0.4 is 4.90 Å². The van der Waals surface area contributed by atoms with Gasteiger partial charge in [-0.25, -0.2) is 0 Å². The molecule has 0 bridgehead atoms. The fourth-order valence-corrected chi connectivity index (χ4v) is 6.97. The van der Waals surface area contributed by atoms with Crippen LogP contribution in [0.1, 0.15) is 22.3 Å². The van der Waals surface area contributed by atoms with Crippen molar-refractivity contribution < 1.29 is 8.83 Å². The number of rotatable bonds is 5. The summed E-state index contributed by atoms with van der Waals surface area (Å²) in [5.41, 5.74) is 11.0. The first kappa shape index (κ1) is 30.9. The molecule has 244 valence electrons. The highest BCUT2D eigenvalue weighted by atomic mass is 16.3. The Kier molecular flexibility index (Phi) is 7.20. The van der Waals surface area contributed by atoms with E-state index in [9.17, 15) is 21.0 Å². The zero-order chi connectivity index (χ0) is 36.1. The maximum Gasteiger partial charge on any atom is 0.136 e. The second kappa shape index (κ2) is 12.3. The Hall–Kier alpha value is -8.10. The molecule has 0 amide bonds. The van der Waals surface area contributed by atoms with E-state index in [4.69, 9.17) is 8.83 Å². The summed E-state index contributed by atoms with van der Waals surface area (Å²) in [4.78, 5) is 2.06. The van der Waals surface area contributed by atoms with Crippen LogP contribution in [-0.2, 0) is 0 Å². The smallest absolute Gasteiger partial charge is 0.136 e. The Labute approximate surface area is 303 Å². The highest BCUT2D eigenvalue weighted by molar-refractivity contribution is 6.07. The molecule has 0 N–H and O–H groups in total. The summed E-state index contributed by atoms with van der Waals surface area (Å²) in [6, 6.07) is 53.4. The molecular formula is C46H23N5O2. The molecule has 0 unspecified atom stereocenters. The van der Waals surface area contributed by atoms with Crippen molar-refractivity contribution in [1.29, 1.82) is 21.0 Å². The van der Waals surface area contributed by atoms with Gasteiger partial charge in [-0.2, -0.15) is 21.0 Å². The van der Waals surface area contributed by atoms with Crippen LogP contribution >= 0.6 is 0 Å². The van der Waals surface area contributed by atoms with Crippen LogP contribution in [0.3, 0.4) is 0 Å². The van der Waals surface area contributed by atoms with Gasteiger partial charge < -0.3 is 13.7 Å². The minimum atomic E-state index is 0.297. The Balaban J connectivity index is 1.08. The number of nitrogens with zero attached hydrogens (tertiary/aromatic N) is 5. The Morgan fingerprint density at radius 1 is 0.340 bits per heavy atom.